The van der Waals surface area contributed by atoms with Crippen LogP contribution in [-0.4, -0.2) is 0 Å². The third-order valence-corrected chi connectivity index (χ3v) is 13.4. The minimum absolute atomic E-state index is 0.867. The van der Waals surface area contributed by atoms with E-state index in [1.807, 2.05) is 23.5 Å². The summed E-state index contributed by atoms with van der Waals surface area (Å²) in [5, 5.41) is 11.7. The molecule has 0 spiro atoms. The molecule has 13 rings (SSSR count). The van der Waals surface area contributed by atoms with Crippen LogP contribution in [0.25, 0.3) is 108 Å². The van der Waals surface area contributed by atoms with Crippen LogP contribution in [0.2, 0.25) is 0 Å². The third kappa shape index (κ3) is 4.95. The Hall–Kier alpha value is -7.66. The van der Waals surface area contributed by atoms with Gasteiger partial charge >= 0.3 is 0 Å². The van der Waals surface area contributed by atoms with Crippen molar-refractivity contribution in [2.45, 2.75) is 0 Å². The SMILES string of the molecule is c1cc(-c2cccc3c2oc2ccc4ccccc4c23)c(-c2ccc3ccccc3c2)c(N(c2ccc3oc4ccccc4c3c2)c2cccc3sc4ccccc4c23)c1. The van der Waals surface area contributed by atoms with Gasteiger partial charge in [-0.25, -0.2) is 0 Å². The lowest BCUT2D eigenvalue weighted by Crippen LogP contribution is -2.12. The third-order valence-electron chi connectivity index (χ3n) is 12.2. The fourth-order valence-electron chi connectivity index (χ4n) is 9.58. The zero-order valence-electron chi connectivity index (χ0n) is 32.2. The summed E-state index contributed by atoms with van der Waals surface area (Å²) in [5.41, 5.74) is 11.1. The van der Waals surface area contributed by atoms with Crippen LogP contribution >= 0.6 is 11.3 Å². The number of nitrogens with zero attached hydrogens (tertiary/aromatic N) is 1. The molecule has 0 aliphatic rings. The van der Waals surface area contributed by atoms with Crippen molar-refractivity contribution in [1.29, 1.82) is 0 Å². The van der Waals surface area contributed by atoms with E-state index in [4.69, 9.17) is 8.83 Å². The van der Waals surface area contributed by atoms with Crippen molar-refractivity contribution >= 4 is 114 Å². The molecule has 3 heterocycles. The molecule has 0 bridgehead atoms. The predicted octanol–water partition coefficient (Wildman–Crippen LogP) is 17.0. The van der Waals surface area contributed by atoms with Crippen molar-refractivity contribution in [1.82, 2.24) is 0 Å². The number of fused-ring (bicyclic) bond motifs is 12. The van der Waals surface area contributed by atoms with Crippen molar-refractivity contribution in [2.24, 2.45) is 0 Å². The second-order valence-electron chi connectivity index (χ2n) is 15.6. The Bertz CT molecular complexity index is 3870. The van der Waals surface area contributed by atoms with Crippen LogP contribution < -0.4 is 4.90 Å². The molecule has 13 aromatic rings. The molecule has 60 heavy (non-hydrogen) atoms. The zero-order chi connectivity index (χ0) is 39.3. The fraction of sp³-hybridized carbons (Fsp3) is 0. The Morgan fingerprint density at radius 1 is 0.367 bits per heavy atom. The van der Waals surface area contributed by atoms with Crippen LogP contribution in [0.15, 0.2) is 209 Å². The molecule has 0 saturated heterocycles. The van der Waals surface area contributed by atoms with Crippen molar-refractivity contribution in [2.75, 3.05) is 4.90 Å². The number of thiophene rings is 1. The number of hydrogen-bond acceptors (Lipinski definition) is 4. The molecule has 0 amide bonds. The summed E-state index contributed by atoms with van der Waals surface area (Å²) < 4.78 is 15.8. The zero-order valence-corrected chi connectivity index (χ0v) is 33.0. The second-order valence-corrected chi connectivity index (χ2v) is 16.7. The molecule has 10 aromatic carbocycles. The molecule has 0 saturated carbocycles. The van der Waals surface area contributed by atoms with Gasteiger partial charge in [0.25, 0.3) is 0 Å². The van der Waals surface area contributed by atoms with Gasteiger partial charge < -0.3 is 13.7 Å². The summed E-state index contributed by atoms with van der Waals surface area (Å²) in [5.74, 6) is 0. The maximum atomic E-state index is 6.93. The lowest BCUT2D eigenvalue weighted by atomic mass is 9.90. The van der Waals surface area contributed by atoms with E-state index in [0.717, 1.165) is 83.2 Å². The van der Waals surface area contributed by atoms with E-state index in [0.29, 0.717) is 0 Å². The molecule has 3 nitrogen and oxygen atoms in total. The van der Waals surface area contributed by atoms with Crippen LogP contribution in [0.3, 0.4) is 0 Å². The van der Waals surface area contributed by atoms with Crippen molar-refractivity contribution < 1.29 is 8.83 Å². The first kappa shape index (κ1) is 33.3. The number of anilines is 3. The average molecular weight is 784 g/mol. The molecule has 0 radical (unpaired) electrons. The van der Waals surface area contributed by atoms with Crippen LogP contribution in [-0.2, 0) is 0 Å². The standard InChI is InChI=1S/C56H33NO2S/c1-2-14-36-32-37(27-26-34(36)12-1)53-41(42-19-9-20-44-54-39-15-4-3-13-35(39)28-30-50(54)59-56(42)44)18-10-21-46(53)57(38-29-31-49-45(33-38)40-16-5-7-23-48(40)58-49)47-22-11-25-52-55(47)43-17-6-8-24-51(43)60-52/h1-33H. The molecule has 3 aromatic heterocycles. The smallest absolute Gasteiger partial charge is 0.143 e. The summed E-state index contributed by atoms with van der Waals surface area (Å²) in [6.45, 7) is 0. The topological polar surface area (TPSA) is 29.5 Å². The normalized spacial score (nSPS) is 12.0. The Balaban J connectivity index is 1.16. The van der Waals surface area contributed by atoms with E-state index >= 15 is 0 Å². The van der Waals surface area contributed by atoms with Crippen molar-refractivity contribution in [3.63, 3.8) is 0 Å². The predicted molar refractivity (Wildman–Crippen MR) is 254 cm³/mol. The first-order valence-electron chi connectivity index (χ1n) is 20.3. The summed E-state index contributed by atoms with van der Waals surface area (Å²) in [7, 11) is 0. The van der Waals surface area contributed by atoms with Gasteiger partial charge in [0.1, 0.15) is 22.3 Å². The van der Waals surface area contributed by atoms with Gasteiger partial charge in [0, 0.05) is 58.5 Å². The Kier molecular flexibility index (Phi) is 7.18. The minimum Gasteiger partial charge on any atom is -0.456 e. The fourth-order valence-corrected chi connectivity index (χ4v) is 10.7. The molecule has 0 atom stereocenters. The number of benzene rings is 10. The van der Waals surface area contributed by atoms with E-state index in [9.17, 15) is 0 Å². The maximum absolute atomic E-state index is 6.93. The van der Waals surface area contributed by atoms with E-state index in [1.54, 1.807) is 0 Å². The highest BCUT2D eigenvalue weighted by molar-refractivity contribution is 7.26. The summed E-state index contributed by atoms with van der Waals surface area (Å²) in [4.78, 5) is 2.48. The molecule has 0 N–H and O–H groups in total. The number of hydrogen-bond donors (Lipinski definition) is 0. The molecule has 0 aliphatic carbocycles. The Labute approximate surface area is 348 Å². The number of para-hydroxylation sites is 2. The highest BCUT2D eigenvalue weighted by atomic mass is 32.1. The van der Waals surface area contributed by atoms with E-state index < -0.39 is 0 Å². The highest BCUT2D eigenvalue weighted by Crippen LogP contribution is 2.51. The molecule has 0 unspecified atom stereocenters. The van der Waals surface area contributed by atoms with Gasteiger partial charge in [0.05, 0.1) is 11.4 Å². The van der Waals surface area contributed by atoms with Gasteiger partial charge in [0.15, 0.2) is 0 Å². The van der Waals surface area contributed by atoms with E-state index in [-0.39, 0.29) is 0 Å². The van der Waals surface area contributed by atoms with Gasteiger partial charge in [-0.3, -0.25) is 0 Å². The minimum atomic E-state index is 0.867. The number of rotatable bonds is 5. The van der Waals surface area contributed by atoms with Crippen molar-refractivity contribution in [3.8, 4) is 22.3 Å². The first-order chi connectivity index (χ1) is 29.7. The van der Waals surface area contributed by atoms with E-state index in [2.05, 4.69) is 193 Å². The first-order valence-corrected chi connectivity index (χ1v) is 21.1. The molecular formula is C56H33NO2S. The van der Waals surface area contributed by atoms with Gasteiger partial charge in [-0.1, -0.05) is 140 Å². The molecule has 280 valence electrons. The largest absolute Gasteiger partial charge is 0.456 e. The van der Waals surface area contributed by atoms with Crippen molar-refractivity contribution in [3.05, 3.63) is 200 Å². The summed E-state index contributed by atoms with van der Waals surface area (Å²) in [6, 6.07) is 72.2. The summed E-state index contributed by atoms with van der Waals surface area (Å²) >= 11 is 1.84. The average Bonchev–Trinajstić information content (AvgIpc) is 4.01. The highest BCUT2D eigenvalue weighted by Gasteiger charge is 2.26. The van der Waals surface area contributed by atoms with Crippen LogP contribution in [0.5, 0.6) is 0 Å². The van der Waals surface area contributed by atoms with Crippen LogP contribution in [0, 0.1) is 0 Å². The van der Waals surface area contributed by atoms with Crippen LogP contribution in [0.4, 0.5) is 17.1 Å². The van der Waals surface area contributed by atoms with Gasteiger partial charge in [-0.2, -0.15) is 0 Å². The summed E-state index contributed by atoms with van der Waals surface area (Å²) in [6.07, 6.45) is 0. The maximum Gasteiger partial charge on any atom is 0.143 e. The van der Waals surface area contributed by atoms with Gasteiger partial charge in [-0.15, -0.1) is 11.3 Å². The molecule has 0 fully saturated rings. The monoisotopic (exact) mass is 783 g/mol. The van der Waals surface area contributed by atoms with Gasteiger partial charge in [0.2, 0.25) is 0 Å². The lowest BCUT2D eigenvalue weighted by molar-refractivity contribution is 0.669. The molecular weight excluding hydrogens is 751 g/mol. The van der Waals surface area contributed by atoms with E-state index in [1.165, 1.54) is 41.7 Å². The van der Waals surface area contributed by atoms with Gasteiger partial charge in [-0.05, 0) is 93.3 Å². The molecule has 0 aliphatic heterocycles. The Morgan fingerprint density at radius 3 is 1.97 bits per heavy atom. The molecule has 4 heteroatoms. The number of furan rings is 2. The van der Waals surface area contributed by atoms with Crippen LogP contribution in [0.1, 0.15) is 0 Å². The lowest BCUT2D eigenvalue weighted by Gasteiger charge is -2.30. The quantitative estimate of drug-likeness (QED) is 0.174. The Morgan fingerprint density at radius 2 is 1.03 bits per heavy atom. The second kappa shape index (κ2) is 12.9.